The number of hydrogen-bond acceptors (Lipinski definition) is 3. The van der Waals surface area contributed by atoms with E-state index in [9.17, 15) is 19.1 Å². The van der Waals surface area contributed by atoms with Crippen LogP contribution in [0.2, 0.25) is 0 Å². The molecule has 1 N–H and O–H groups in total. The molecule has 148 valence electrons. The standard InChI is InChI=1S/C22H24FNO4/c1-14(2)11-20(22(26)27)24-10-9-16-12-18(7-8-19(16)21(24)25)28-13-15-3-5-17(23)6-4-15/h3-8,12,14,20H,9-11,13H2,1-2H3,(H,26,27). The van der Waals surface area contributed by atoms with Crippen molar-refractivity contribution in [1.82, 2.24) is 4.90 Å². The van der Waals surface area contributed by atoms with E-state index in [2.05, 4.69) is 0 Å². The van der Waals surface area contributed by atoms with Crippen LogP contribution < -0.4 is 4.74 Å². The molecule has 6 heteroatoms. The zero-order valence-corrected chi connectivity index (χ0v) is 16.0. The maximum atomic E-state index is 13.0. The topological polar surface area (TPSA) is 66.8 Å². The third-order valence-electron chi connectivity index (χ3n) is 4.86. The first-order chi connectivity index (χ1) is 13.3. The molecule has 1 unspecified atom stereocenters. The van der Waals surface area contributed by atoms with Crippen molar-refractivity contribution in [2.45, 2.75) is 39.3 Å². The predicted octanol–water partition coefficient (Wildman–Crippen LogP) is 3.90. The predicted molar refractivity (Wildman–Crippen MR) is 103 cm³/mol. The lowest BCUT2D eigenvalue weighted by Crippen LogP contribution is -2.49. The molecule has 3 rings (SSSR count). The van der Waals surface area contributed by atoms with Crippen LogP contribution in [0.4, 0.5) is 4.39 Å². The van der Waals surface area contributed by atoms with E-state index >= 15 is 0 Å². The number of fused-ring (bicyclic) bond motifs is 1. The van der Waals surface area contributed by atoms with Gasteiger partial charge >= 0.3 is 5.97 Å². The fraction of sp³-hybridized carbons (Fsp3) is 0.364. The fourth-order valence-electron chi connectivity index (χ4n) is 3.43. The zero-order chi connectivity index (χ0) is 20.3. The zero-order valence-electron chi connectivity index (χ0n) is 16.0. The average Bonchev–Trinajstić information content (AvgIpc) is 2.66. The first-order valence-corrected chi connectivity index (χ1v) is 9.39. The minimum absolute atomic E-state index is 0.178. The van der Waals surface area contributed by atoms with Crippen LogP contribution in [-0.4, -0.2) is 34.5 Å². The number of ether oxygens (including phenoxy) is 1. The second-order valence-electron chi connectivity index (χ2n) is 7.47. The Hall–Kier alpha value is -2.89. The van der Waals surface area contributed by atoms with Crippen LogP contribution in [-0.2, 0) is 17.8 Å². The maximum Gasteiger partial charge on any atom is 0.326 e. The molecule has 1 heterocycles. The van der Waals surface area contributed by atoms with Gasteiger partial charge in [0, 0.05) is 12.1 Å². The maximum absolute atomic E-state index is 13.0. The molecule has 5 nitrogen and oxygen atoms in total. The highest BCUT2D eigenvalue weighted by Gasteiger charge is 2.34. The Balaban J connectivity index is 1.72. The lowest BCUT2D eigenvalue weighted by Gasteiger charge is -2.34. The lowest BCUT2D eigenvalue weighted by atomic mass is 9.95. The second kappa shape index (κ2) is 8.42. The highest BCUT2D eigenvalue weighted by molar-refractivity contribution is 5.99. The van der Waals surface area contributed by atoms with Crippen molar-refractivity contribution in [3.8, 4) is 5.75 Å². The quantitative estimate of drug-likeness (QED) is 0.785. The van der Waals surface area contributed by atoms with Crippen LogP contribution in [0.5, 0.6) is 5.75 Å². The third-order valence-corrected chi connectivity index (χ3v) is 4.86. The monoisotopic (exact) mass is 385 g/mol. The Morgan fingerprint density at radius 1 is 1.21 bits per heavy atom. The van der Waals surface area contributed by atoms with Crippen molar-refractivity contribution in [1.29, 1.82) is 0 Å². The van der Waals surface area contributed by atoms with Crippen molar-refractivity contribution in [3.63, 3.8) is 0 Å². The first kappa shape index (κ1) is 19.9. The number of carbonyl (C=O) groups is 2. The van der Waals surface area contributed by atoms with E-state index in [-0.39, 0.29) is 17.6 Å². The van der Waals surface area contributed by atoms with E-state index in [1.54, 1.807) is 24.3 Å². The van der Waals surface area contributed by atoms with Gasteiger partial charge in [-0.1, -0.05) is 26.0 Å². The smallest absolute Gasteiger partial charge is 0.326 e. The Kier molecular flexibility index (Phi) is 5.97. The average molecular weight is 385 g/mol. The van der Waals surface area contributed by atoms with Gasteiger partial charge in [-0.3, -0.25) is 4.79 Å². The molecule has 0 bridgehead atoms. The van der Waals surface area contributed by atoms with Crippen LogP contribution in [0, 0.1) is 11.7 Å². The summed E-state index contributed by atoms with van der Waals surface area (Å²) in [5.41, 5.74) is 2.22. The number of hydrogen-bond donors (Lipinski definition) is 1. The molecule has 28 heavy (non-hydrogen) atoms. The van der Waals surface area contributed by atoms with Crippen molar-refractivity contribution in [2.24, 2.45) is 5.92 Å². The molecule has 0 saturated heterocycles. The molecule has 0 aromatic heterocycles. The van der Waals surface area contributed by atoms with E-state index in [0.717, 1.165) is 11.1 Å². The van der Waals surface area contributed by atoms with Gasteiger partial charge < -0.3 is 14.7 Å². The second-order valence-corrected chi connectivity index (χ2v) is 7.47. The van der Waals surface area contributed by atoms with E-state index in [1.165, 1.54) is 17.0 Å². The van der Waals surface area contributed by atoms with Gasteiger partial charge in [0.15, 0.2) is 0 Å². The molecule has 0 radical (unpaired) electrons. The van der Waals surface area contributed by atoms with Gasteiger partial charge in [0.25, 0.3) is 5.91 Å². The van der Waals surface area contributed by atoms with E-state index < -0.39 is 12.0 Å². The molecular formula is C22H24FNO4. The highest BCUT2D eigenvalue weighted by Crippen LogP contribution is 2.27. The summed E-state index contributed by atoms with van der Waals surface area (Å²) in [5.74, 6) is -0.708. The molecule has 2 aromatic carbocycles. The first-order valence-electron chi connectivity index (χ1n) is 9.39. The lowest BCUT2D eigenvalue weighted by molar-refractivity contribution is -0.143. The largest absolute Gasteiger partial charge is 0.489 e. The summed E-state index contributed by atoms with van der Waals surface area (Å²) in [6, 6.07) is 10.5. The van der Waals surface area contributed by atoms with Crippen molar-refractivity contribution < 1.29 is 23.8 Å². The van der Waals surface area contributed by atoms with Gasteiger partial charge in [-0.2, -0.15) is 0 Å². The van der Waals surface area contributed by atoms with Crippen LogP contribution in [0.1, 0.15) is 41.8 Å². The number of benzene rings is 2. The van der Waals surface area contributed by atoms with Crippen LogP contribution in [0.3, 0.4) is 0 Å². The van der Waals surface area contributed by atoms with Gasteiger partial charge in [-0.15, -0.1) is 0 Å². The molecule has 2 aromatic rings. The Bertz CT molecular complexity index is 863. The normalized spacial score (nSPS) is 14.7. The van der Waals surface area contributed by atoms with Gasteiger partial charge in [0.1, 0.15) is 24.2 Å². The fourth-order valence-corrected chi connectivity index (χ4v) is 3.43. The Morgan fingerprint density at radius 2 is 1.93 bits per heavy atom. The molecule has 0 aliphatic carbocycles. The molecular weight excluding hydrogens is 361 g/mol. The summed E-state index contributed by atoms with van der Waals surface area (Å²) >= 11 is 0. The summed E-state index contributed by atoms with van der Waals surface area (Å²) in [5, 5.41) is 9.54. The number of carboxylic acids is 1. The van der Waals surface area contributed by atoms with Gasteiger partial charge in [0.05, 0.1) is 0 Å². The summed E-state index contributed by atoms with van der Waals surface area (Å²) < 4.78 is 18.7. The van der Waals surface area contributed by atoms with Crippen LogP contribution in [0.25, 0.3) is 0 Å². The molecule has 0 fully saturated rings. The molecule has 1 aliphatic rings. The molecule has 1 atom stereocenters. The molecule has 0 spiro atoms. The van der Waals surface area contributed by atoms with E-state index in [0.29, 0.717) is 37.3 Å². The van der Waals surface area contributed by atoms with Crippen molar-refractivity contribution >= 4 is 11.9 Å². The Morgan fingerprint density at radius 3 is 2.57 bits per heavy atom. The number of aliphatic carboxylic acids is 1. The molecule has 0 saturated carbocycles. The van der Waals surface area contributed by atoms with Crippen molar-refractivity contribution in [2.75, 3.05) is 6.54 Å². The molecule has 1 aliphatic heterocycles. The van der Waals surface area contributed by atoms with Gasteiger partial charge in [-0.05, 0) is 60.2 Å². The van der Waals surface area contributed by atoms with Crippen LogP contribution in [0.15, 0.2) is 42.5 Å². The SMILES string of the molecule is CC(C)CC(C(=O)O)N1CCc2cc(OCc3ccc(F)cc3)ccc2C1=O. The number of carbonyl (C=O) groups excluding carboxylic acids is 1. The number of halogens is 1. The number of amides is 1. The summed E-state index contributed by atoms with van der Waals surface area (Å²) in [4.78, 5) is 26.0. The Labute approximate surface area is 163 Å². The van der Waals surface area contributed by atoms with E-state index in [4.69, 9.17) is 4.74 Å². The van der Waals surface area contributed by atoms with Crippen molar-refractivity contribution in [3.05, 3.63) is 65.0 Å². The van der Waals surface area contributed by atoms with Gasteiger partial charge in [-0.25, -0.2) is 9.18 Å². The summed E-state index contributed by atoms with van der Waals surface area (Å²) in [6.07, 6.45) is 1.01. The number of rotatable bonds is 7. The summed E-state index contributed by atoms with van der Waals surface area (Å²) in [6.45, 7) is 4.57. The molecule has 1 amide bonds. The minimum atomic E-state index is -0.968. The number of carboxylic acid groups (broad SMARTS) is 1. The highest BCUT2D eigenvalue weighted by atomic mass is 19.1. The minimum Gasteiger partial charge on any atom is -0.489 e. The van der Waals surface area contributed by atoms with Gasteiger partial charge in [0.2, 0.25) is 0 Å². The summed E-state index contributed by atoms with van der Waals surface area (Å²) in [7, 11) is 0. The number of nitrogens with zero attached hydrogens (tertiary/aromatic N) is 1. The van der Waals surface area contributed by atoms with E-state index in [1.807, 2.05) is 19.9 Å². The van der Waals surface area contributed by atoms with Crippen LogP contribution >= 0.6 is 0 Å². The third kappa shape index (κ3) is 4.50.